The Labute approximate surface area is 277 Å². The minimum Gasteiger partial charge on any atom is -0.497 e. The SMILES string of the molecule is COc1ccc2c(c1)C1CC1(C(=O)N1CC3CCC(C1)N3)CCn1c-2c(C2CCCCC2)c2ccc(C(=O)NS(=O)(=O)N(C)C)cc21. The lowest BCUT2D eigenvalue weighted by Gasteiger charge is -2.36. The number of piperazine rings is 1. The van der Waals surface area contributed by atoms with Gasteiger partial charge in [0.05, 0.1) is 18.2 Å². The van der Waals surface area contributed by atoms with E-state index >= 15 is 0 Å². The third-order valence-corrected chi connectivity index (χ3v) is 13.2. The van der Waals surface area contributed by atoms with Crippen LogP contribution in [-0.2, 0) is 21.5 Å². The fourth-order valence-corrected chi connectivity index (χ4v) is 9.74. The fraction of sp³-hybridized carbons (Fsp3) is 0.556. The Balaban J connectivity index is 1.28. The van der Waals surface area contributed by atoms with Gasteiger partial charge in [-0.2, -0.15) is 12.7 Å². The average molecular weight is 660 g/mol. The molecule has 250 valence electrons. The number of carbonyl (C=O) groups excluding carboxylic acids is 2. The van der Waals surface area contributed by atoms with Crippen molar-refractivity contribution >= 4 is 32.9 Å². The zero-order valence-electron chi connectivity index (χ0n) is 27.5. The van der Waals surface area contributed by atoms with Crippen molar-refractivity contribution in [3.8, 4) is 17.0 Å². The molecule has 2 aromatic carbocycles. The topological polar surface area (TPSA) is 113 Å². The molecule has 10 nitrogen and oxygen atoms in total. The molecule has 2 N–H and O–H groups in total. The van der Waals surface area contributed by atoms with Crippen LogP contribution < -0.4 is 14.8 Å². The summed E-state index contributed by atoms with van der Waals surface area (Å²) in [6.45, 7) is 2.19. The van der Waals surface area contributed by atoms with Gasteiger partial charge in [0.1, 0.15) is 5.75 Å². The lowest BCUT2D eigenvalue weighted by Crippen LogP contribution is -2.55. The van der Waals surface area contributed by atoms with Gasteiger partial charge in [-0.15, -0.1) is 0 Å². The Morgan fingerprint density at radius 3 is 2.45 bits per heavy atom. The molecule has 0 radical (unpaired) electrons. The van der Waals surface area contributed by atoms with Gasteiger partial charge >= 0.3 is 10.2 Å². The van der Waals surface area contributed by atoms with Crippen molar-refractivity contribution in [1.29, 1.82) is 0 Å². The van der Waals surface area contributed by atoms with E-state index in [1.165, 1.54) is 50.2 Å². The predicted octanol–water partition coefficient (Wildman–Crippen LogP) is 4.74. The van der Waals surface area contributed by atoms with E-state index in [1.54, 1.807) is 13.2 Å². The van der Waals surface area contributed by atoms with E-state index in [0.29, 0.717) is 36.5 Å². The largest absolute Gasteiger partial charge is 0.497 e. The summed E-state index contributed by atoms with van der Waals surface area (Å²) in [5.41, 5.74) is 5.54. The van der Waals surface area contributed by atoms with Gasteiger partial charge in [0.2, 0.25) is 5.91 Å². The number of carbonyl (C=O) groups is 2. The number of fused-ring (bicyclic) bond motifs is 9. The van der Waals surface area contributed by atoms with Crippen molar-refractivity contribution < 1.29 is 22.7 Å². The van der Waals surface area contributed by atoms with Gasteiger partial charge in [-0.05, 0) is 85.9 Å². The molecule has 11 heteroatoms. The Kier molecular flexibility index (Phi) is 7.46. The number of ether oxygens (including phenoxy) is 1. The van der Waals surface area contributed by atoms with Crippen molar-refractivity contribution in [3.63, 3.8) is 0 Å². The van der Waals surface area contributed by atoms with Gasteiger partial charge < -0.3 is 19.5 Å². The molecule has 3 aliphatic heterocycles. The molecule has 47 heavy (non-hydrogen) atoms. The van der Waals surface area contributed by atoms with Gasteiger partial charge in [0.25, 0.3) is 5.91 Å². The monoisotopic (exact) mass is 659 g/mol. The minimum atomic E-state index is -3.95. The molecule has 4 unspecified atom stereocenters. The van der Waals surface area contributed by atoms with Crippen molar-refractivity contribution in [2.75, 3.05) is 34.3 Å². The van der Waals surface area contributed by atoms with Crippen molar-refractivity contribution in [3.05, 3.63) is 53.1 Å². The van der Waals surface area contributed by atoms with E-state index in [4.69, 9.17) is 4.74 Å². The number of nitrogens with one attached hydrogen (secondary N) is 2. The number of rotatable bonds is 6. The van der Waals surface area contributed by atoms with Crippen molar-refractivity contribution in [1.82, 2.24) is 23.8 Å². The van der Waals surface area contributed by atoms with Crippen LogP contribution in [-0.4, -0.2) is 80.4 Å². The smallest absolute Gasteiger partial charge is 0.303 e. The molecular formula is C36H45N5O5S. The second kappa shape index (κ2) is 11.3. The molecule has 4 atom stereocenters. The molecule has 8 rings (SSSR count). The first-order valence-corrected chi connectivity index (χ1v) is 18.7. The van der Waals surface area contributed by atoms with Crippen LogP contribution >= 0.6 is 0 Å². The summed E-state index contributed by atoms with van der Waals surface area (Å²) >= 11 is 0. The molecule has 1 aromatic heterocycles. The number of methoxy groups -OCH3 is 1. The van der Waals surface area contributed by atoms with Crippen LogP contribution in [0.25, 0.3) is 22.2 Å². The third-order valence-electron chi connectivity index (χ3n) is 11.8. The molecule has 5 aliphatic rings. The highest BCUT2D eigenvalue weighted by molar-refractivity contribution is 7.87. The molecule has 2 bridgehead atoms. The molecule has 2 saturated heterocycles. The molecule has 2 aliphatic carbocycles. The van der Waals surface area contributed by atoms with Crippen LogP contribution in [0.1, 0.15) is 91.1 Å². The molecule has 4 heterocycles. The number of likely N-dealkylation sites (tertiary alicyclic amines) is 1. The average Bonchev–Trinajstić information content (AvgIpc) is 3.57. The lowest BCUT2D eigenvalue weighted by molar-refractivity contribution is -0.139. The van der Waals surface area contributed by atoms with Gasteiger partial charge in [0, 0.05) is 73.8 Å². The predicted molar refractivity (Wildman–Crippen MR) is 181 cm³/mol. The second-order valence-electron chi connectivity index (χ2n) is 14.7. The second-order valence-corrected chi connectivity index (χ2v) is 16.5. The van der Waals surface area contributed by atoms with E-state index in [0.717, 1.165) is 71.7 Å². The van der Waals surface area contributed by atoms with Crippen LogP contribution in [0.3, 0.4) is 0 Å². The van der Waals surface area contributed by atoms with Gasteiger partial charge in [-0.1, -0.05) is 25.3 Å². The highest BCUT2D eigenvalue weighted by atomic mass is 32.2. The van der Waals surface area contributed by atoms with Crippen LogP contribution in [0, 0.1) is 5.41 Å². The number of hydrogen-bond donors (Lipinski definition) is 2. The molecular weight excluding hydrogens is 614 g/mol. The van der Waals surface area contributed by atoms with E-state index in [9.17, 15) is 18.0 Å². The third kappa shape index (κ3) is 5.07. The summed E-state index contributed by atoms with van der Waals surface area (Å²) in [6, 6.07) is 12.7. The van der Waals surface area contributed by atoms with Gasteiger partial charge in [-0.25, -0.2) is 4.72 Å². The number of aryl methyl sites for hydroxylation is 1. The number of hydrogen-bond acceptors (Lipinski definition) is 6. The van der Waals surface area contributed by atoms with Crippen LogP contribution in [0.5, 0.6) is 5.75 Å². The summed E-state index contributed by atoms with van der Waals surface area (Å²) < 4.78 is 36.4. The number of aromatic nitrogens is 1. The lowest BCUT2D eigenvalue weighted by atomic mass is 9.80. The summed E-state index contributed by atoms with van der Waals surface area (Å²) in [6.07, 6.45) is 9.60. The van der Waals surface area contributed by atoms with Gasteiger partial charge in [0.15, 0.2) is 0 Å². The summed E-state index contributed by atoms with van der Waals surface area (Å²) in [7, 11) is 0.532. The normalized spacial score (nSPS) is 27.1. The highest BCUT2D eigenvalue weighted by Crippen LogP contribution is 2.66. The fourth-order valence-electron chi connectivity index (χ4n) is 9.21. The summed E-state index contributed by atoms with van der Waals surface area (Å²) in [5.74, 6) is 0.911. The first-order valence-electron chi connectivity index (χ1n) is 17.2. The number of benzene rings is 2. The Morgan fingerprint density at radius 2 is 1.74 bits per heavy atom. The summed E-state index contributed by atoms with van der Waals surface area (Å²) in [5, 5.41) is 4.78. The van der Waals surface area contributed by atoms with E-state index in [-0.39, 0.29) is 11.8 Å². The Morgan fingerprint density at radius 1 is 1.00 bits per heavy atom. The molecule has 3 aromatic rings. The quantitative estimate of drug-likeness (QED) is 0.396. The standard InChI is InChI=1S/C36H45N5O5S/c1-39(2)47(44,45)38-34(42)23-9-13-28-31(17-23)41-16-15-36(35(43)40-20-24-10-11-25(21-40)37-24)19-30(36)29-18-26(46-3)12-14-27(29)33(41)32(28)22-7-5-4-6-8-22/h9,12-14,17-18,22,24-25,30,37H,4-8,10-11,15-16,19-21H2,1-3H3,(H,38,42). The van der Waals surface area contributed by atoms with Crippen molar-refractivity contribution in [2.24, 2.45) is 5.41 Å². The number of amides is 2. The number of nitrogens with zero attached hydrogens (tertiary/aromatic N) is 3. The zero-order chi connectivity index (χ0) is 32.7. The van der Waals surface area contributed by atoms with E-state index < -0.39 is 21.5 Å². The molecule has 2 saturated carbocycles. The summed E-state index contributed by atoms with van der Waals surface area (Å²) in [4.78, 5) is 30.0. The minimum absolute atomic E-state index is 0.121. The highest BCUT2D eigenvalue weighted by Gasteiger charge is 2.63. The van der Waals surface area contributed by atoms with Crippen LogP contribution in [0.2, 0.25) is 0 Å². The van der Waals surface area contributed by atoms with Gasteiger partial charge in [-0.3, -0.25) is 9.59 Å². The van der Waals surface area contributed by atoms with Crippen molar-refractivity contribution in [2.45, 2.75) is 88.3 Å². The molecule has 2 amide bonds. The maximum atomic E-state index is 14.6. The molecule has 0 spiro atoms. The first-order chi connectivity index (χ1) is 22.6. The first kappa shape index (κ1) is 30.9. The molecule has 4 fully saturated rings. The maximum absolute atomic E-state index is 14.6. The maximum Gasteiger partial charge on any atom is 0.303 e. The van der Waals surface area contributed by atoms with Crippen LogP contribution in [0.4, 0.5) is 0 Å². The van der Waals surface area contributed by atoms with Crippen LogP contribution in [0.15, 0.2) is 36.4 Å². The zero-order valence-corrected chi connectivity index (χ0v) is 28.4. The Bertz CT molecular complexity index is 1870. The van der Waals surface area contributed by atoms with E-state index in [1.807, 2.05) is 18.2 Å². The Hall–Kier alpha value is -3.41. The van der Waals surface area contributed by atoms with E-state index in [2.05, 4.69) is 31.6 Å².